The number of fused-ring (bicyclic) bond motifs is 1. The van der Waals surface area contributed by atoms with Gasteiger partial charge < -0.3 is 4.74 Å². The lowest BCUT2D eigenvalue weighted by Crippen LogP contribution is -2.38. The minimum Gasteiger partial charge on any atom is -0.461 e. The zero-order valence-electron chi connectivity index (χ0n) is 14.2. The summed E-state index contributed by atoms with van der Waals surface area (Å²) in [7, 11) is 0. The normalized spacial score (nSPS) is 30.3. The van der Waals surface area contributed by atoms with E-state index in [1.54, 1.807) is 0 Å². The third-order valence-corrected chi connectivity index (χ3v) is 5.54. The van der Waals surface area contributed by atoms with Gasteiger partial charge in [0, 0.05) is 5.56 Å². The summed E-state index contributed by atoms with van der Waals surface area (Å²) in [5, 5.41) is 0. The fourth-order valence-corrected chi connectivity index (χ4v) is 4.11. The molecule has 0 spiro atoms. The predicted molar refractivity (Wildman–Crippen MR) is 89.2 cm³/mol. The lowest BCUT2D eigenvalue weighted by Gasteiger charge is -2.37. The molecule has 4 atom stereocenters. The monoisotopic (exact) mass is 314 g/mol. The summed E-state index contributed by atoms with van der Waals surface area (Å²) in [6.07, 6.45) is 3.67. The van der Waals surface area contributed by atoms with Crippen LogP contribution in [0.1, 0.15) is 56.0 Å². The van der Waals surface area contributed by atoms with E-state index in [1.807, 2.05) is 24.3 Å². The van der Waals surface area contributed by atoms with Crippen LogP contribution >= 0.6 is 0 Å². The molecule has 3 rings (SSSR count). The number of esters is 1. The summed E-state index contributed by atoms with van der Waals surface area (Å²) in [4.78, 5) is 25.1. The van der Waals surface area contributed by atoms with Gasteiger partial charge in [-0.25, -0.2) is 0 Å². The summed E-state index contributed by atoms with van der Waals surface area (Å²) in [5.41, 5.74) is 1.66. The van der Waals surface area contributed by atoms with Crippen molar-refractivity contribution in [2.24, 2.45) is 23.7 Å². The molecule has 1 aromatic rings. The maximum Gasteiger partial charge on any atom is 0.317 e. The molecule has 23 heavy (non-hydrogen) atoms. The van der Waals surface area contributed by atoms with Gasteiger partial charge >= 0.3 is 5.97 Å². The van der Waals surface area contributed by atoms with Gasteiger partial charge in [0.1, 0.15) is 12.0 Å². The molecule has 0 saturated heterocycles. The average Bonchev–Trinajstić information content (AvgIpc) is 2.85. The number of rotatable bonds is 3. The Labute approximate surface area is 138 Å². The average molecular weight is 314 g/mol. The highest BCUT2D eigenvalue weighted by Crippen LogP contribution is 2.36. The van der Waals surface area contributed by atoms with E-state index in [4.69, 9.17) is 4.74 Å². The lowest BCUT2D eigenvalue weighted by atomic mass is 9.75. The van der Waals surface area contributed by atoms with Gasteiger partial charge in [-0.1, -0.05) is 51.5 Å². The third kappa shape index (κ3) is 3.19. The Hall–Kier alpha value is -1.64. The molecule has 1 fully saturated rings. The number of ketones is 1. The van der Waals surface area contributed by atoms with Gasteiger partial charge in [-0.2, -0.15) is 0 Å². The van der Waals surface area contributed by atoms with E-state index in [0.717, 1.165) is 18.4 Å². The molecule has 1 saturated carbocycles. The molecule has 0 bridgehead atoms. The van der Waals surface area contributed by atoms with Crippen molar-refractivity contribution in [2.75, 3.05) is 0 Å². The Morgan fingerprint density at radius 3 is 2.65 bits per heavy atom. The van der Waals surface area contributed by atoms with Crippen molar-refractivity contribution in [2.45, 2.75) is 52.6 Å². The van der Waals surface area contributed by atoms with Crippen LogP contribution in [0.4, 0.5) is 0 Å². The van der Waals surface area contributed by atoms with Crippen molar-refractivity contribution in [1.29, 1.82) is 0 Å². The molecule has 2 aliphatic carbocycles. The minimum atomic E-state index is -0.641. The number of benzene rings is 1. The molecule has 1 unspecified atom stereocenters. The Kier molecular flexibility index (Phi) is 4.56. The number of hydrogen-bond donors (Lipinski definition) is 0. The molecule has 3 nitrogen and oxygen atoms in total. The van der Waals surface area contributed by atoms with Crippen LogP contribution in [0.25, 0.3) is 0 Å². The zero-order chi connectivity index (χ0) is 16.6. The van der Waals surface area contributed by atoms with Gasteiger partial charge in [0.05, 0.1) is 0 Å². The first-order valence-electron chi connectivity index (χ1n) is 8.80. The van der Waals surface area contributed by atoms with Crippen LogP contribution in [0.3, 0.4) is 0 Å². The Morgan fingerprint density at radius 1 is 1.22 bits per heavy atom. The van der Waals surface area contributed by atoms with E-state index in [0.29, 0.717) is 29.7 Å². The van der Waals surface area contributed by atoms with Gasteiger partial charge in [0.2, 0.25) is 0 Å². The largest absolute Gasteiger partial charge is 0.461 e. The predicted octanol–water partition coefficient (Wildman–Crippen LogP) is 4.05. The van der Waals surface area contributed by atoms with E-state index < -0.39 is 5.92 Å². The van der Waals surface area contributed by atoms with E-state index in [9.17, 15) is 9.59 Å². The molecule has 124 valence electrons. The highest BCUT2D eigenvalue weighted by molar-refractivity contribution is 6.12. The lowest BCUT2D eigenvalue weighted by molar-refractivity contribution is -0.158. The molecule has 0 amide bonds. The van der Waals surface area contributed by atoms with E-state index in [-0.39, 0.29) is 17.9 Å². The number of carbonyl (C=O) groups is 2. The standard InChI is InChI=1S/C20H26O3/c1-12(2)15-9-8-13(3)10-18(15)23-20(22)17-11-14-6-4-5-7-16(14)19(17)21/h4-7,12-13,15,17-18H,8-11H2,1-3H3/t13-,15+,17?,18-/m0/s1. The molecule has 0 heterocycles. The summed E-state index contributed by atoms with van der Waals surface area (Å²) in [6.45, 7) is 6.60. The van der Waals surface area contributed by atoms with Gasteiger partial charge in [0.25, 0.3) is 0 Å². The highest BCUT2D eigenvalue weighted by atomic mass is 16.5. The first kappa shape index (κ1) is 16.2. The Bertz CT molecular complexity index is 605. The first-order valence-corrected chi connectivity index (χ1v) is 8.80. The Balaban J connectivity index is 1.70. The van der Waals surface area contributed by atoms with Crippen LogP contribution in [-0.2, 0) is 16.0 Å². The van der Waals surface area contributed by atoms with Crippen molar-refractivity contribution in [3.8, 4) is 0 Å². The van der Waals surface area contributed by atoms with Crippen LogP contribution < -0.4 is 0 Å². The summed E-state index contributed by atoms with van der Waals surface area (Å²) >= 11 is 0. The van der Waals surface area contributed by atoms with E-state index in [1.165, 1.54) is 6.42 Å². The minimum absolute atomic E-state index is 0.0391. The molecule has 0 N–H and O–H groups in total. The molecular weight excluding hydrogens is 288 g/mol. The van der Waals surface area contributed by atoms with Crippen LogP contribution in [0.15, 0.2) is 24.3 Å². The maximum atomic E-state index is 12.6. The smallest absolute Gasteiger partial charge is 0.317 e. The van der Waals surface area contributed by atoms with Crippen molar-refractivity contribution >= 4 is 11.8 Å². The quantitative estimate of drug-likeness (QED) is 0.624. The molecule has 2 aliphatic rings. The second-order valence-electron chi connectivity index (χ2n) is 7.58. The fourth-order valence-electron chi connectivity index (χ4n) is 4.11. The molecule has 0 aliphatic heterocycles. The molecule has 0 aromatic heterocycles. The number of hydrogen-bond acceptors (Lipinski definition) is 3. The van der Waals surface area contributed by atoms with E-state index in [2.05, 4.69) is 20.8 Å². The van der Waals surface area contributed by atoms with Gasteiger partial charge in [0.15, 0.2) is 5.78 Å². The summed E-state index contributed by atoms with van der Waals surface area (Å²) in [6, 6.07) is 7.50. The second kappa shape index (κ2) is 6.46. The number of Topliss-reactive ketones (excluding diaryl/α,β-unsaturated/α-hetero) is 1. The van der Waals surface area contributed by atoms with Crippen LogP contribution in [0.5, 0.6) is 0 Å². The van der Waals surface area contributed by atoms with Gasteiger partial charge in [-0.3, -0.25) is 9.59 Å². The molecular formula is C20H26O3. The summed E-state index contributed by atoms with van der Waals surface area (Å²) in [5.74, 6) is 0.453. The zero-order valence-corrected chi connectivity index (χ0v) is 14.2. The molecule has 1 aromatic carbocycles. The third-order valence-electron chi connectivity index (χ3n) is 5.54. The van der Waals surface area contributed by atoms with Gasteiger partial charge in [-0.05, 0) is 42.6 Å². The van der Waals surface area contributed by atoms with Crippen molar-refractivity contribution in [1.82, 2.24) is 0 Å². The number of ether oxygens (including phenoxy) is 1. The first-order chi connectivity index (χ1) is 11.0. The van der Waals surface area contributed by atoms with E-state index >= 15 is 0 Å². The number of carbonyl (C=O) groups excluding carboxylic acids is 2. The fraction of sp³-hybridized carbons (Fsp3) is 0.600. The molecule has 3 heteroatoms. The topological polar surface area (TPSA) is 43.4 Å². The van der Waals surface area contributed by atoms with Crippen LogP contribution in [0.2, 0.25) is 0 Å². The summed E-state index contributed by atoms with van der Waals surface area (Å²) < 4.78 is 5.86. The van der Waals surface area contributed by atoms with Crippen LogP contribution in [0, 0.1) is 23.7 Å². The van der Waals surface area contributed by atoms with Crippen molar-refractivity contribution in [3.05, 3.63) is 35.4 Å². The molecule has 0 radical (unpaired) electrons. The van der Waals surface area contributed by atoms with Crippen LogP contribution in [-0.4, -0.2) is 17.9 Å². The van der Waals surface area contributed by atoms with Crippen molar-refractivity contribution < 1.29 is 14.3 Å². The van der Waals surface area contributed by atoms with Gasteiger partial charge in [-0.15, -0.1) is 0 Å². The second-order valence-corrected chi connectivity index (χ2v) is 7.58. The highest BCUT2D eigenvalue weighted by Gasteiger charge is 2.40. The maximum absolute atomic E-state index is 12.6. The SMILES string of the molecule is CC(C)[C@H]1CC[C@H](C)C[C@@H]1OC(=O)C1Cc2ccccc2C1=O. The van der Waals surface area contributed by atoms with Crippen molar-refractivity contribution in [3.63, 3.8) is 0 Å². The Morgan fingerprint density at radius 2 is 1.96 bits per heavy atom.